The number of benzene rings is 1. The first-order valence-electron chi connectivity index (χ1n) is 7.10. The number of nitrogens with zero attached hydrogens (tertiary/aromatic N) is 1. The molecule has 0 aromatic heterocycles. The zero-order valence-electron chi connectivity index (χ0n) is 11.5. The number of halogens is 1. The van der Waals surface area contributed by atoms with Crippen LogP contribution in [0.4, 0.5) is 0 Å². The molecule has 1 aliphatic heterocycles. The smallest absolute Gasteiger partial charge is 0.254 e. The van der Waals surface area contributed by atoms with Crippen molar-refractivity contribution in [1.29, 1.82) is 0 Å². The molecule has 1 aromatic carbocycles. The third-order valence-electron chi connectivity index (χ3n) is 3.69. The predicted molar refractivity (Wildman–Crippen MR) is 81.0 cm³/mol. The fourth-order valence-corrected chi connectivity index (χ4v) is 2.78. The van der Waals surface area contributed by atoms with Crippen molar-refractivity contribution in [3.8, 4) is 0 Å². The number of morpholine rings is 1. The Bertz CT molecular complexity index is 560. The molecule has 2 aliphatic rings. The van der Waals surface area contributed by atoms with E-state index in [1.165, 1.54) is 0 Å². The van der Waals surface area contributed by atoms with Crippen molar-refractivity contribution in [2.75, 3.05) is 19.8 Å². The number of amides is 2. The van der Waals surface area contributed by atoms with Crippen LogP contribution in [0.2, 0.25) is 0 Å². The van der Waals surface area contributed by atoms with Gasteiger partial charge in [0.25, 0.3) is 5.91 Å². The molecule has 0 spiro atoms. The molecule has 1 atom stereocenters. The molecule has 5 nitrogen and oxygen atoms in total. The zero-order chi connectivity index (χ0) is 14.8. The second-order valence-corrected chi connectivity index (χ2v) is 6.30. The van der Waals surface area contributed by atoms with Crippen LogP contribution < -0.4 is 5.32 Å². The van der Waals surface area contributed by atoms with E-state index in [0.717, 1.165) is 17.3 Å². The maximum Gasteiger partial charge on any atom is 0.254 e. The summed E-state index contributed by atoms with van der Waals surface area (Å²) in [5.41, 5.74) is 0.579. The second kappa shape index (κ2) is 6.15. The molecule has 0 bridgehead atoms. The number of ether oxygens (including phenoxy) is 1. The highest BCUT2D eigenvalue weighted by molar-refractivity contribution is 9.10. The minimum absolute atomic E-state index is 0.111. The summed E-state index contributed by atoms with van der Waals surface area (Å²) in [6, 6.07) is 6.96. The summed E-state index contributed by atoms with van der Waals surface area (Å²) in [7, 11) is 0. The average molecular weight is 353 g/mol. The highest BCUT2D eigenvalue weighted by Gasteiger charge is 2.35. The van der Waals surface area contributed by atoms with Crippen molar-refractivity contribution in [3.63, 3.8) is 0 Å². The molecule has 1 aliphatic carbocycles. The van der Waals surface area contributed by atoms with Gasteiger partial charge >= 0.3 is 0 Å². The molecule has 1 saturated carbocycles. The molecule has 2 fully saturated rings. The van der Waals surface area contributed by atoms with Gasteiger partial charge in [-0.25, -0.2) is 0 Å². The quantitative estimate of drug-likeness (QED) is 0.898. The number of nitrogens with one attached hydrogen (secondary N) is 1. The minimum atomic E-state index is -0.536. The average Bonchev–Trinajstić information content (AvgIpc) is 3.30. The molecular formula is C15H17BrN2O3. The summed E-state index contributed by atoms with van der Waals surface area (Å²) in [6.45, 7) is 1.17. The van der Waals surface area contributed by atoms with E-state index in [1.807, 2.05) is 12.1 Å². The van der Waals surface area contributed by atoms with Gasteiger partial charge in [0.05, 0.1) is 13.2 Å². The Hall–Kier alpha value is -1.40. The molecule has 3 rings (SSSR count). The Morgan fingerprint density at radius 2 is 2.14 bits per heavy atom. The topological polar surface area (TPSA) is 58.6 Å². The van der Waals surface area contributed by atoms with Gasteiger partial charge < -0.3 is 15.0 Å². The van der Waals surface area contributed by atoms with Gasteiger partial charge in [-0.15, -0.1) is 0 Å². The largest absolute Gasteiger partial charge is 0.377 e. The SMILES string of the molecule is O=C(NC1CC1)C1COCCN1C(=O)c1cccc(Br)c1. The third kappa shape index (κ3) is 3.44. The Labute approximate surface area is 131 Å². The molecule has 6 heteroatoms. The van der Waals surface area contributed by atoms with E-state index in [1.54, 1.807) is 17.0 Å². The van der Waals surface area contributed by atoms with Gasteiger partial charge in [-0.3, -0.25) is 9.59 Å². The summed E-state index contributed by atoms with van der Waals surface area (Å²) >= 11 is 3.36. The third-order valence-corrected chi connectivity index (χ3v) is 4.18. The van der Waals surface area contributed by atoms with E-state index < -0.39 is 6.04 Å². The minimum Gasteiger partial charge on any atom is -0.377 e. The van der Waals surface area contributed by atoms with E-state index in [2.05, 4.69) is 21.2 Å². The summed E-state index contributed by atoms with van der Waals surface area (Å²) in [4.78, 5) is 26.5. The number of hydrogen-bond acceptors (Lipinski definition) is 3. The first-order chi connectivity index (χ1) is 10.1. The maximum absolute atomic E-state index is 12.6. The van der Waals surface area contributed by atoms with Crippen LogP contribution in [0.1, 0.15) is 23.2 Å². The Morgan fingerprint density at radius 3 is 2.86 bits per heavy atom. The lowest BCUT2D eigenvalue weighted by Gasteiger charge is -2.34. The van der Waals surface area contributed by atoms with Gasteiger partial charge in [-0.2, -0.15) is 0 Å². The van der Waals surface area contributed by atoms with E-state index in [0.29, 0.717) is 18.7 Å². The molecule has 1 saturated heterocycles. The zero-order valence-corrected chi connectivity index (χ0v) is 13.1. The van der Waals surface area contributed by atoms with Crippen LogP contribution in [0.3, 0.4) is 0 Å². The number of rotatable bonds is 3. The van der Waals surface area contributed by atoms with Crippen molar-refractivity contribution in [1.82, 2.24) is 10.2 Å². The molecule has 112 valence electrons. The first kappa shape index (κ1) is 14.5. The number of carbonyl (C=O) groups excluding carboxylic acids is 2. The number of carbonyl (C=O) groups is 2. The molecular weight excluding hydrogens is 336 g/mol. The molecule has 0 radical (unpaired) electrons. The van der Waals surface area contributed by atoms with Crippen molar-refractivity contribution in [3.05, 3.63) is 34.3 Å². The lowest BCUT2D eigenvalue weighted by atomic mass is 10.1. The normalized spacial score (nSPS) is 22.0. The fraction of sp³-hybridized carbons (Fsp3) is 0.467. The summed E-state index contributed by atoms with van der Waals surface area (Å²) < 4.78 is 6.23. The van der Waals surface area contributed by atoms with Gasteiger partial charge in [0.2, 0.25) is 5.91 Å². The van der Waals surface area contributed by atoms with Crippen LogP contribution in [0.25, 0.3) is 0 Å². The van der Waals surface area contributed by atoms with Crippen molar-refractivity contribution < 1.29 is 14.3 Å². The second-order valence-electron chi connectivity index (χ2n) is 5.38. The monoisotopic (exact) mass is 352 g/mol. The summed E-state index contributed by atoms with van der Waals surface area (Å²) in [5, 5.41) is 2.95. The van der Waals surface area contributed by atoms with Gasteiger partial charge in [-0.05, 0) is 31.0 Å². The van der Waals surface area contributed by atoms with Crippen LogP contribution in [0, 0.1) is 0 Å². The van der Waals surface area contributed by atoms with Crippen LogP contribution in [0.5, 0.6) is 0 Å². The van der Waals surface area contributed by atoms with Gasteiger partial charge in [0.1, 0.15) is 6.04 Å². The van der Waals surface area contributed by atoms with Crippen LogP contribution in [-0.4, -0.2) is 48.6 Å². The van der Waals surface area contributed by atoms with Crippen molar-refractivity contribution in [2.45, 2.75) is 24.9 Å². The van der Waals surface area contributed by atoms with E-state index in [4.69, 9.17) is 4.74 Å². The molecule has 1 N–H and O–H groups in total. The molecule has 1 unspecified atom stereocenters. The lowest BCUT2D eigenvalue weighted by Crippen LogP contribution is -2.56. The van der Waals surface area contributed by atoms with E-state index >= 15 is 0 Å². The highest BCUT2D eigenvalue weighted by atomic mass is 79.9. The number of hydrogen-bond donors (Lipinski definition) is 1. The van der Waals surface area contributed by atoms with Gasteiger partial charge in [0, 0.05) is 22.6 Å². The van der Waals surface area contributed by atoms with Crippen molar-refractivity contribution >= 4 is 27.7 Å². The lowest BCUT2D eigenvalue weighted by molar-refractivity contribution is -0.130. The van der Waals surface area contributed by atoms with Crippen molar-refractivity contribution in [2.24, 2.45) is 0 Å². The highest BCUT2D eigenvalue weighted by Crippen LogP contribution is 2.21. The summed E-state index contributed by atoms with van der Waals surface area (Å²) in [5.74, 6) is -0.240. The van der Waals surface area contributed by atoms with Crippen LogP contribution in [-0.2, 0) is 9.53 Å². The summed E-state index contributed by atoms with van der Waals surface area (Å²) in [6.07, 6.45) is 2.05. The maximum atomic E-state index is 12.6. The van der Waals surface area contributed by atoms with E-state index in [9.17, 15) is 9.59 Å². The predicted octanol–water partition coefficient (Wildman–Crippen LogP) is 1.57. The molecule has 1 aromatic rings. The molecule has 21 heavy (non-hydrogen) atoms. The van der Waals surface area contributed by atoms with Gasteiger partial charge in [0.15, 0.2) is 0 Å². The van der Waals surface area contributed by atoms with Gasteiger partial charge in [-0.1, -0.05) is 22.0 Å². The first-order valence-corrected chi connectivity index (χ1v) is 7.89. The Kier molecular flexibility index (Phi) is 4.26. The van der Waals surface area contributed by atoms with Crippen LogP contribution >= 0.6 is 15.9 Å². The Morgan fingerprint density at radius 1 is 1.33 bits per heavy atom. The fourth-order valence-electron chi connectivity index (χ4n) is 2.38. The molecule has 1 heterocycles. The molecule has 2 amide bonds. The standard InChI is InChI=1S/C15H17BrN2O3/c16-11-3-1-2-10(8-11)15(20)18-6-7-21-9-13(18)14(19)17-12-4-5-12/h1-3,8,12-13H,4-7,9H2,(H,17,19). The Balaban J connectivity index is 1.76. The van der Waals surface area contributed by atoms with Crippen LogP contribution in [0.15, 0.2) is 28.7 Å². The van der Waals surface area contributed by atoms with E-state index in [-0.39, 0.29) is 24.5 Å².